The summed E-state index contributed by atoms with van der Waals surface area (Å²) in [6.45, 7) is 6.35. The van der Waals surface area contributed by atoms with Crippen LogP contribution in [0.1, 0.15) is 44.0 Å². The molecule has 0 aliphatic heterocycles. The monoisotopic (exact) mass is 368 g/mol. The molecule has 0 aliphatic carbocycles. The SMILES string of the molecule is CCn1c(=O)[nH]c2cc(C(=O)NCC(N)(CC)CC)ccc2c1=O.Cl. The first-order valence-electron chi connectivity index (χ1n) is 8.19. The minimum absolute atomic E-state index is 0. The number of nitrogens with zero attached hydrogens (tertiary/aromatic N) is 1. The molecule has 1 aromatic carbocycles. The number of aromatic amines is 1. The van der Waals surface area contributed by atoms with Crippen LogP contribution in [0, 0.1) is 0 Å². The molecule has 0 radical (unpaired) electrons. The molecule has 0 saturated carbocycles. The lowest BCUT2D eigenvalue weighted by molar-refractivity contribution is 0.0942. The van der Waals surface area contributed by atoms with Crippen molar-refractivity contribution >= 4 is 29.2 Å². The van der Waals surface area contributed by atoms with Gasteiger partial charge in [0.25, 0.3) is 11.5 Å². The third-order valence-electron chi connectivity index (χ3n) is 4.57. The van der Waals surface area contributed by atoms with Crippen molar-refractivity contribution in [1.29, 1.82) is 0 Å². The van der Waals surface area contributed by atoms with Crippen molar-refractivity contribution in [3.63, 3.8) is 0 Å². The van der Waals surface area contributed by atoms with Gasteiger partial charge in [0.15, 0.2) is 0 Å². The van der Waals surface area contributed by atoms with Gasteiger partial charge in [0.1, 0.15) is 0 Å². The molecular weight excluding hydrogens is 344 g/mol. The second-order valence-corrected chi connectivity index (χ2v) is 5.99. The van der Waals surface area contributed by atoms with Crippen molar-refractivity contribution in [1.82, 2.24) is 14.9 Å². The average Bonchev–Trinajstić information content (AvgIpc) is 2.59. The van der Waals surface area contributed by atoms with Gasteiger partial charge in [0, 0.05) is 24.2 Å². The maximum Gasteiger partial charge on any atom is 0.328 e. The first-order chi connectivity index (χ1) is 11.3. The molecule has 0 fully saturated rings. The minimum Gasteiger partial charge on any atom is -0.350 e. The number of H-pyrrole nitrogens is 1. The quantitative estimate of drug-likeness (QED) is 0.715. The number of rotatable bonds is 6. The van der Waals surface area contributed by atoms with Crippen LogP contribution >= 0.6 is 12.4 Å². The summed E-state index contributed by atoms with van der Waals surface area (Å²) in [5.41, 5.74) is 5.63. The molecule has 0 aliphatic rings. The normalized spacial score (nSPS) is 11.2. The molecule has 2 rings (SSSR count). The highest BCUT2D eigenvalue weighted by Gasteiger charge is 2.21. The molecule has 2 aromatic rings. The number of aromatic nitrogens is 2. The van der Waals surface area contributed by atoms with E-state index in [4.69, 9.17) is 5.73 Å². The number of benzene rings is 1. The minimum atomic E-state index is -0.481. The lowest BCUT2D eigenvalue weighted by Crippen LogP contribution is -2.49. The first-order valence-corrected chi connectivity index (χ1v) is 8.19. The molecule has 4 N–H and O–H groups in total. The van der Waals surface area contributed by atoms with E-state index in [2.05, 4.69) is 10.3 Å². The number of carbonyl (C=O) groups is 1. The topological polar surface area (TPSA) is 110 Å². The molecule has 1 amide bonds. The van der Waals surface area contributed by atoms with Gasteiger partial charge in [-0.1, -0.05) is 13.8 Å². The largest absolute Gasteiger partial charge is 0.350 e. The van der Waals surface area contributed by atoms with Gasteiger partial charge in [-0.25, -0.2) is 4.79 Å². The molecule has 0 bridgehead atoms. The van der Waals surface area contributed by atoms with Gasteiger partial charge in [-0.2, -0.15) is 0 Å². The first kappa shape index (κ1) is 20.9. The van der Waals surface area contributed by atoms with Gasteiger partial charge in [0.2, 0.25) is 0 Å². The van der Waals surface area contributed by atoms with Crippen LogP contribution in [0.5, 0.6) is 0 Å². The fourth-order valence-electron chi connectivity index (χ4n) is 2.54. The predicted molar refractivity (Wildman–Crippen MR) is 102 cm³/mol. The van der Waals surface area contributed by atoms with Crippen molar-refractivity contribution in [2.45, 2.75) is 45.7 Å². The zero-order valence-electron chi connectivity index (χ0n) is 14.7. The summed E-state index contributed by atoms with van der Waals surface area (Å²) in [6.07, 6.45) is 1.51. The maximum atomic E-state index is 12.3. The van der Waals surface area contributed by atoms with Crippen LogP contribution < -0.4 is 22.3 Å². The zero-order valence-corrected chi connectivity index (χ0v) is 15.5. The number of nitrogens with one attached hydrogen (secondary N) is 2. The van der Waals surface area contributed by atoms with Gasteiger partial charge >= 0.3 is 5.69 Å². The highest BCUT2D eigenvalue weighted by molar-refractivity contribution is 5.97. The number of nitrogens with two attached hydrogens (primary N) is 1. The Morgan fingerprint density at radius 1 is 1.24 bits per heavy atom. The Morgan fingerprint density at radius 2 is 1.88 bits per heavy atom. The fraction of sp³-hybridized carbons (Fsp3) is 0.471. The third kappa shape index (κ3) is 4.29. The number of carbonyl (C=O) groups excluding carboxylic acids is 1. The summed E-state index contributed by atoms with van der Waals surface area (Å²) in [5.74, 6) is -0.283. The van der Waals surface area contributed by atoms with Crippen LogP contribution in [0.4, 0.5) is 0 Å². The van der Waals surface area contributed by atoms with Crippen molar-refractivity contribution in [2.75, 3.05) is 6.54 Å². The predicted octanol–water partition coefficient (Wildman–Crippen LogP) is 1.38. The van der Waals surface area contributed by atoms with Gasteiger partial charge in [-0.3, -0.25) is 14.2 Å². The summed E-state index contributed by atoms with van der Waals surface area (Å²) >= 11 is 0. The Balaban J connectivity index is 0.00000312. The smallest absolute Gasteiger partial charge is 0.328 e. The summed E-state index contributed by atoms with van der Waals surface area (Å²) < 4.78 is 1.12. The van der Waals surface area contributed by atoms with Crippen LogP contribution in [0.2, 0.25) is 0 Å². The Hall–Kier alpha value is -2.12. The van der Waals surface area contributed by atoms with E-state index in [0.717, 1.165) is 17.4 Å². The van der Waals surface area contributed by atoms with Gasteiger partial charge in [-0.05, 0) is 38.0 Å². The van der Waals surface area contributed by atoms with Crippen LogP contribution in [-0.2, 0) is 6.54 Å². The van der Waals surface area contributed by atoms with E-state index < -0.39 is 11.2 Å². The van der Waals surface area contributed by atoms with Crippen molar-refractivity contribution in [3.05, 3.63) is 44.6 Å². The summed E-state index contributed by atoms with van der Waals surface area (Å²) in [7, 11) is 0. The molecule has 0 spiro atoms. The van der Waals surface area contributed by atoms with E-state index in [9.17, 15) is 14.4 Å². The Morgan fingerprint density at radius 3 is 2.44 bits per heavy atom. The summed E-state index contributed by atoms with van der Waals surface area (Å²) in [5, 5.41) is 3.20. The molecule has 138 valence electrons. The van der Waals surface area contributed by atoms with E-state index >= 15 is 0 Å². The molecule has 1 aromatic heterocycles. The molecule has 0 unspecified atom stereocenters. The second kappa shape index (κ2) is 8.31. The fourth-order valence-corrected chi connectivity index (χ4v) is 2.54. The van der Waals surface area contributed by atoms with Crippen LogP contribution in [0.3, 0.4) is 0 Å². The highest BCUT2D eigenvalue weighted by atomic mass is 35.5. The van der Waals surface area contributed by atoms with Gasteiger partial charge in [-0.15, -0.1) is 12.4 Å². The van der Waals surface area contributed by atoms with Crippen molar-refractivity contribution < 1.29 is 4.79 Å². The number of halogens is 1. The van der Waals surface area contributed by atoms with E-state index in [0.29, 0.717) is 29.6 Å². The highest BCUT2D eigenvalue weighted by Crippen LogP contribution is 2.12. The molecule has 7 nitrogen and oxygen atoms in total. The molecule has 0 atom stereocenters. The third-order valence-corrected chi connectivity index (χ3v) is 4.57. The Bertz CT molecular complexity index is 868. The van der Waals surface area contributed by atoms with E-state index in [1.54, 1.807) is 19.1 Å². The number of amides is 1. The average molecular weight is 369 g/mol. The van der Waals surface area contributed by atoms with Crippen LogP contribution in [0.15, 0.2) is 27.8 Å². The van der Waals surface area contributed by atoms with Crippen molar-refractivity contribution in [3.8, 4) is 0 Å². The van der Waals surface area contributed by atoms with Gasteiger partial charge < -0.3 is 16.0 Å². The van der Waals surface area contributed by atoms with E-state index in [1.165, 1.54) is 6.07 Å². The van der Waals surface area contributed by atoms with Crippen LogP contribution in [0.25, 0.3) is 10.9 Å². The summed E-state index contributed by atoms with van der Waals surface area (Å²) in [6, 6.07) is 4.65. The van der Waals surface area contributed by atoms with E-state index in [-0.39, 0.29) is 23.9 Å². The Labute approximate surface area is 152 Å². The lowest BCUT2D eigenvalue weighted by Gasteiger charge is -2.26. The number of hydrogen-bond acceptors (Lipinski definition) is 4. The second-order valence-electron chi connectivity index (χ2n) is 5.99. The lowest BCUT2D eigenvalue weighted by atomic mass is 9.94. The maximum absolute atomic E-state index is 12.3. The van der Waals surface area contributed by atoms with E-state index in [1.807, 2.05) is 13.8 Å². The van der Waals surface area contributed by atoms with Crippen molar-refractivity contribution in [2.24, 2.45) is 5.73 Å². The molecule has 25 heavy (non-hydrogen) atoms. The molecular formula is C17H25ClN4O3. The zero-order chi connectivity index (χ0) is 17.9. The van der Waals surface area contributed by atoms with Gasteiger partial charge in [0.05, 0.1) is 10.9 Å². The summed E-state index contributed by atoms with van der Waals surface area (Å²) in [4.78, 5) is 39.1. The molecule has 0 saturated heterocycles. The molecule has 1 heterocycles. The molecule has 8 heteroatoms. The van der Waals surface area contributed by atoms with Crippen LogP contribution in [-0.4, -0.2) is 27.5 Å². The Kier molecular flexibility index (Phi) is 6.96. The number of fused-ring (bicyclic) bond motifs is 1. The standard InChI is InChI=1S/C17H24N4O3.ClH/c1-4-17(18,5-2)10-19-14(22)11-7-8-12-13(9-11)20-16(24)21(6-3)15(12)23;/h7-9H,4-6,10,18H2,1-3H3,(H,19,22)(H,20,24);1H. The number of hydrogen-bond donors (Lipinski definition) is 3.